The van der Waals surface area contributed by atoms with Crippen LogP contribution in [0.5, 0.6) is 0 Å². The number of aliphatic carboxylic acids is 1. The van der Waals surface area contributed by atoms with Crippen molar-refractivity contribution in [2.24, 2.45) is 7.05 Å². The van der Waals surface area contributed by atoms with Crippen molar-refractivity contribution in [3.05, 3.63) is 136 Å². The van der Waals surface area contributed by atoms with Gasteiger partial charge in [0.15, 0.2) is 0 Å². The van der Waals surface area contributed by atoms with E-state index in [1.54, 1.807) is 23.8 Å². The van der Waals surface area contributed by atoms with Crippen molar-refractivity contribution < 1.29 is 40.4 Å². The number of fused-ring (bicyclic) bond motifs is 4. The monoisotopic (exact) mass is 766 g/mol. The third-order valence-corrected chi connectivity index (χ3v) is 12.6. The molecule has 0 amide bonds. The molecule has 5 aromatic rings. The van der Waals surface area contributed by atoms with Gasteiger partial charge in [-0.1, -0.05) is 60.7 Å². The molecule has 0 bridgehead atoms. The number of pyridine rings is 1. The molecule has 53 heavy (non-hydrogen) atoms. The summed E-state index contributed by atoms with van der Waals surface area (Å²) in [4.78, 5) is 13.8. The van der Waals surface area contributed by atoms with Crippen LogP contribution in [0, 0.1) is 0 Å². The highest BCUT2D eigenvalue weighted by atomic mass is 32.2. The van der Waals surface area contributed by atoms with Crippen LogP contribution in [-0.4, -0.2) is 49.8 Å². The number of hydrogen-bond acceptors (Lipinski definition) is 8. The fourth-order valence-electron chi connectivity index (χ4n) is 7.07. The number of thioether (sulfide) groups is 1. The van der Waals surface area contributed by atoms with Crippen LogP contribution in [0.4, 0.5) is 11.4 Å². The fraction of sp³-hybridized carbons (Fsp3) is 0.150. The summed E-state index contributed by atoms with van der Waals surface area (Å²) in [6.45, 7) is 0. The minimum absolute atomic E-state index is 0.0397. The normalized spacial score (nSPS) is 15.5. The predicted molar refractivity (Wildman–Crippen MR) is 207 cm³/mol. The third-order valence-electron chi connectivity index (χ3n) is 9.65. The maximum absolute atomic E-state index is 12.2. The molecule has 2 heterocycles. The molecule has 1 aliphatic heterocycles. The van der Waals surface area contributed by atoms with E-state index in [-0.39, 0.29) is 11.3 Å². The smallest absolute Gasteiger partial charge is 0.304 e. The number of benzene rings is 4. The topological polar surface area (TPSA) is 156 Å². The lowest BCUT2D eigenvalue weighted by atomic mass is 9.90. The molecule has 7 rings (SSSR count). The molecule has 2 N–H and O–H groups in total. The average molecular weight is 767 g/mol. The first-order valence-corrected chi connectivity index (χ1v) is 20.5. The van der Waals surface area contributed by atoms with Crippen LogP contribution in [0.3, 0.4) is 0 Å². The van der Waals surface area contributed by atoms with Gasteiger partial charge >= 0.3 is 5.97 Å². The number of aryl methyl sites for hydroxylation is 1. The zero-order chi connectivity index (χ0) is 37.7. The number of hydrogen-bond donors (Lipinski definition) is 2. The van der Waals surface area contributed by atoms with E-state index >= 15 is 0 Å². The van der Waals surface area contributed by atoms with E-state index in [9.17, 15) is 35.8 Å². The molecular weight excluding hydrogens is 733 g/mol. The van der Waals surface area contributed by atoms with Crippen LogP contribution in [0.2, 0.25) is 0 Å². The molecule has 0 saturated heterocycles. The fourth-order valence-corrected chi connectivity index (χ4v) is 9.27. The number of nitrogens with zero attached hydrogens (tertiary/aromatic N) is 2. The van der Waals surface area contributed by atoms with Crippen molar-refractivity contribution in [1.82, 2.24) is 0 Å². The summed E-state index contributed by atoms with van der Waals surface area (Å²) in [5.74, 6) is -0.573. The van der Waals surface area contributed by atoms with Crippen molar-refractivity contribution >= 4 is 82.8 Å². The zero-order valence-corrected chi connectivity index (χ0v) is 31.1. The van der Waals surface area contributed by atoms with Crippen molar-refractivity contribution in [2.45, 2.75) is 29.1 Å². The SMILES string of the molecule is CN1c2ccccc2C(=C/C=C2\CCC(/C=C/c3c4cc(S(=O)(=O)[O-])ccc4[n+](C)c4ccc(S(=O)(=O)O)cc34)=C2SCCC(=O)O)c2ccccc21. The Morgan fingerprint density at radius 1 is 0.849 bits per heavy atom. The van der Waals surface area contributed by atoms with Gasteiger partial charge in [0.05, 0.1) is 27.0 Å². The van der Waals surface area contributed by atoms with Crippen LogP contribution in [0.25, 0.3) is 33.5 Å². The molecule has 10 nitrogen and oxygen atoms in total. The van der Waals surface area contributed by atoms with E-state index in [1.807, 2.05) is 37.4 Å². The summed E-state index contributed by atoms with van der Waals surface area (Å²) in [7, 11) is -5.62. The molecule has 4 aromatic carbocycles. The Morgan fingerprint density at radius 3 is 2.02 bits per heavy atom. The Balaban J connectivity index is 1.40. The molecule has 0 spiro atoms. The minimum Gasteiger partial charge on any atom is -0.744 e. The van der Waals surface area contributed by atoms with Gasteiger partial charge < -0.3 is 14.6 Å². The number of carboxylic acids is 1. The first-order valence-electron chi connectivity index (χ1n) is 16.6. The second-order valence-electron chi connectivity index (χ2n) is 12.8. The molecular formula is C40H34N2O8S3. The number of aromatic nitrogens is 1. The highest BCUT2D eigenvalue weighted by Crippen LogP contribution is 2.45. The lowest BCUT2D eigenvalue weighted by molar-refractivity contribution is -0.617. The van der Waals surface area contributed by atoms with Gasteiger partial charge in [-0.2, -0.15) is 13.0 Å². The molecule has 0 fully saturated rings. The van der Waals surface area contributed by atoms with Gasteiger partial charge in [-0.05, 0) is 66.0 Å². The molecule has 2 aliphatic rings. The molecule has 270 valence electrons. The summed E-state index contributed by atoms with van der Waals surface area (Å²) in [5.41, 5.74) is 9.00. The van der Waals surface area contributed by atoms with Gasteiger partial charge in [-0.25, -0.2) is 8.42 Å². The van der Waals surface area contributed by atoms with Crippen molar-refractivity contribution in [1.29, 1.82) is 0 Å². The Labute approximate surface area is 311 Å². The van der Waals surface area contributed by atoms with Crippen molar-refractivity contribution in [3.63, 3.8) is 0 Å². The van der Waals surface area contributed by atoms with Gasteiger partial charge in [0.1, 0.15) is 17.2 Å². The van der Waals surface area contributed by atoms with E-state index in [0.29, 0.717) is 46.0 Å². The summed E-state index contributed by atoms with van der Waals surface area (Å²) in [5, 5.41) is 10.2. The van der Waals surface area contributed by atoms with Crippen LogP contribution in [0.1, 0.15) is 36.0 Å². The average Bonchev–Trinajstić information content (AvgIpc) is 3.51. The van der Waals surface area contributed by atoms with E-state index < -0.39 is 31.1 Å². The maximum atomic E-state index is 12.2. The first-order chi connectivity index (χ1) is 25.2. The summed E-state index contributed by atoms with van der Waals surface area (Å²) in [6.07, 6.45) is 9.12. The van der Waals surface area contributed by atoms with Gasteiger partial charge in [-0.15, -0.1) is 11.8 Å². The standard InChI is InChI=1S/C40H34N2O8S3/c1-41-35-9-5-3-7-31(35)29(32-8-4-6-10-36(32)41)17-13-25-11-12-26(40(25)51-22-21-39(43)44)14-18-30-33-23-27(52(45,46)47)15-19-37(33)42(2)38-20-16-28(24-34(30)38)53(48,49)50/h3-10,13-20,23-24H,11-12,21-22H2,1-2H3,(H2-,43,44,45,46,47,48,49,50). The largest absolute Gasteiger partial charge is 0.744 e. The van der Waals surface area contributed by atoms with E-state index in [1.165, 1.54) is 42.1 Å². The predicted octanol–water partition coefficient (Wildman–Crippen LogP) is 7.38. The summed E-state index contributed by atoms with van der Waals surface area (Å²) < 4.78 is 72.3. The van der Waals surface area contributed by atoms with Gasteiger partial charge in [0.2, 0.25) is 11.0 Å². The lowest BCUT2D eigenvalue weighted by Gasteiger charge is -2.31. The Bertz CT molecular complexity index is 2570. The number of allylic oxidation sites excluding steroid dienone is 5. The molecule has 1 aliphatic carbocycles. The molecule has 1 aromatic heterocycles. The van der Waals surface area contributed by atoms with Crippen molar-refractivity contribution in [3.8, 4) is 0 Å². The highest BCUT2D eigenvalue weighted by molar-refractivity contribution is 8.03. The second kappa shape index (κ2) is 14.1. The van der Waals surface area contributed by atoms with E-state index in [0.717, 1.165) is 44.1 Å². The first kappa shape index (κ1) is 36.3. The van der Waals surface area contributed by atoms with E-state index in [2.05, 4.69) is 41.3 Å². The van der Waals surface area contributed by atoms with Crippen LogP contribution < -0.4 is 9.47 Å². The second-order valence-corrected chi connectivity index (χ2v) is 16.7. The van der Waals surface area contributed by atoms with Gasteiger partial charge in [-0.3, -0.25) is 9.35 Å². The van der Waals surface area contributed by atoms with Crippen LogP contribution in [-0.2, 0) is 32.1 Å². The number of carbonyl (C=O) groups is 1. The number of anilines is 2. The Morgan fingerprint density at radius 2 is 1.43 bits per heavy atom. The summed E-state index contributed by atoms with van der Waals surface area (Å²) >= 11 is 1.45. The summed E-state index contributed by atoms with van der Waals surface area (Å²) in [6, 6.07) is 24.6. The van der Waals surface area contributed by atoms with Gasteiger partial charge in [0, 0.05) is 57.9 Å². The third kappa shape index (κ3) is 7.06. The van der Waals surface area contributed by atoms with E-state index in [4.69, 9.17) is 0 Å². The lowest BCUT2D eigenvalue weighted by Crippen LogP contribution is -2.30. The van der Waals surface area contributed by atoms with Crippen LogP contribution >= 0.6 is 11.8 Å². The number of para-hydroxylation sites is 2. The molecule has 13 heteroatoms. The minimum atomic E-state index is -4.82. The number of carboxylic acid groups (broad SMARTS) is 1. The maximum Gasteiger partial charge on any atom is 0.304 e. The molecule has 0 unspecified atom stereocenters. The molecule has 0 radical (unpaired) electrons. The molecule has 0 atom stereocenters. The van der Waals surface area contributed by atoms with Gasteiger partial charge in [0.25, 0.3) is 10.1 Å². The number of rotatable bonds is 9. The van der Waals surface area contributed by atoms with Crippen LogP contribution in [0.15, 0.2) is 129 Å². The highest BCUT2D eigenvalue weighted by Gasteiger charge is 2.25. The zero-order valence-electron chi connectivity index (χ0n) is 28.7. The molecule has 0 saturated carbocycles. The Hall–Kier alpha value is -5.05. The Kier molecular flexibility index (Phi) is 9.64. The quantitative estimate of drug-likeness (QED) is 0.0882. The van der Waals surface area contributed by atoms with Crippen molar-refractivity contribution in [2.75, 3.05) is 17.7 Å².